The second-order valence-electron chi connectivity index (χ2n) is 7.73. The van der Waals surface area contributed by atoms with Crippen LogP contribution >= 0.6 is 0 Å². The molecule has 0 bridgehead atoms. The lowest BCUT2D eigenvalue weighted by Crippen LogP contribution is -2.51. The number of carbonyl (C=O) groups is 2. The number of hydrazine groups is 1. The third-order valence-corrected chi connectivity index (χ3v) is 5.23. The number of guanidine groups is 1. The number of hydrogen-bond acceptors (Lipinski definition) is 9. The number of amides is 3. The highest BCUT2D eigenvalue weighted by Gasteiger charge is 2.28. The quantitative estimate of drug-likeness (QED) is 0.178. The number of nitro benzene ring substituents is 1. The number of aliphatic imine (C=N–C) groups is 1. The minimum atomic E-state index is -0.982. The van der Waals surface area contributed by atoms with Gasteiger partial charge < -0.3 is 21.7 Å². The number of nitrogen functional groups attached to an aromatic ring is 1. The molecule has 0 saturated carbocycles. The SMILES string of the molecule is CNC(=O)c1ccc(NC2=NC(N)N(C(=O)Nc3ccc(-c4cc(N)cc([N+](=O)[O-])c4)cc3)N2)cc1. The average molecular weight is 489 g/mol. The van der Waals surface area contributed by atoms with Gasteiger partial charge in [-0.25, -0.2) is 9.79 Å². The molecule has 1 heterocycles. The Kier molecular flexibility index (Phi) is 6.65. The third-order valence-electron chi connectivity index (χ3n) is 5.23. The zero-order valence-electron chi connectivity index (χ0n) is 19.1. The minimum Gasteiger partial charge on any atom is -0.399 e. The Morgan fingerprint density at radius 2 is 1.69 bits per heavy atom. The fourth-order valence-corrected chi connectivity index (χ4v) is 3.45. The van der Waals surface area contributed by atoms with Crippen molar-refractivity contribution in [2.24, 2.45) is 10.7 Å². The van der Waals surface area contributed by atoms with Crippen LogP contribution in [0.5, 0.6) is 0 Å². The molecule has 36 heavy (non-hydrogen) atoms. The number of urea groups is 1. The monoisotopic (exact) mass is 489 g/mol. The van der Waals surface area contributed by atoms with Crippen molar-refractivity contribution in [3.8, 4) is 11.1 Å². The van der Waals surface area contributed by atoms with Gasteiger partial charge in [-0.1, -0.05) is 12.1 Å². The highest BCUT2D eigenvalue weighted by molar-refractivity contribution is 5.99. The van der Waals surface area contributed by atoms with Gasteiger partial charge >= 0.3 is 6.03 Å². The van der Waals surface area contributed by atoms with E-state index in [2.05, 4.69) is 26.4 Å². The average Bonchev–Trinajstić information content (AvgIpc) is 3.24. The number of rotatable bonds is 5. The van der Waals surface area contributed by atoms with E-state index in [-0.39, 0.29) is 23.2 Å². The van der Waals surface area contributed by atoms with Crippen molar-refractivity contribution in [3.63, 3.8) is 0 Å². The molecule has 3 amide bonds. The number of non-ortho nitro benzene ring substituents is 1. The molecule has 13 nitrogen and oxygen atoms in total. The van der Waals surface area contributed by atoms with Crippen LogP contribution in [-0.2, 0) is 0 Å². The number of benzene rings is 3. The Morgan fingerprint density at radius 3 is 2.33 bits per heavy atom. The van der Waals surface area contributed by atoms with Gasteiger partial charge in [-0.3, -0.25) is 26.1 Å². The summed E-state index contributed by atoms with van der Waals surface area (Å²) < 4.78 is 0. The smallest absolute Gasteiger partial charge is 0.343 e. The summed E-state index contributed by atoms with van der Waals surface area (Å²) >= 11 is 0. The second-order valence-corrected chi connectivity index (χ2v) is 7.73. The second kappa shape index (κ2) is 9.99. The lowest BCUT2D eigenvalue weighted by Gasteiger charge is -2.21. The largest absolute Gasteiger partial charge is 0.399 e. The van der Waals surface area contributed by atoms with E-state index in [0.29, 0.717) is 28.1 Å². The van der Waals surface area contributed by atoms with Crippen molar-refractivity contribution in [2.45, 2.75) is 6.29 Å². The van der Waals surface area contributed by atoms with Gasteiger partial charge in [-0.15, -0.1) is 0 Å². The van der Waals surface area contributed by atoms with Gasteiger partial charge in [0.2, 0.25) is 5.96 Å². The Labute approximate surface area is 205 Å². The number of nitrogens with one attached hydrogen (secondary N) is 4. The molecule has 13 heteroatoms. The van der Waals surface area contributed by atoms with Crippen LogP contribution in [0.1, 0.15) is 10.4 Å². The van der Waals surface area contributed by atoms with E-state index in [4.69, 9.17) is 11.5 Å². The summed E-state index contributed by atoms with van der Waals surface area (Å²) in [6.45, 7) is 0. The van der Waals surface area contributed by atoms with Crippen LogP contribution in [0.2, 0.25) is 0 Å². The minimum absolute atomic E-state index is 0.108. The maximum Gasteiger partial charge on any atom is 0.343 e. The van der Waals surface area contributed by atoms with Crippen LogP contribution in [0.15, 0.2) is 71.7 Å². The molecule has 0 aromatic heterocycles. The summed E-state index contributed by atoms with van der Waals surface area (Å²) in [5.41, 5.74) is 17.6. The standard InChI is InChI=1S/C23H23N9O4/c1-26-20(33)14-4-8-17(9-5-14)27-22-29-21(25)31(30-22)23(34)28-18-6-2-13(3-7-18)15-10-16(24)12-19(11-15)32(35)36/h2-12,21H,24-25H2,1H3,(H,26,33)(H,28,34)(H2,27,29,30). The molecule has 1 atom stereocenters. The topological polar surface area (TPSA) is 193 Å². The molecule has 0 saturated heterocycles. The molecule has 184 valence electrons. The normalized spacial score (nSPS) is 14.4. The van der Waals surface area contributed by atoms with Crippen molar-refractivity contribution in [3.05, 3.63) is 82.4 Å². The first-order valence-corrected chi connectivity index (χ1v) is 10.7. The van der Waals surface area contributed by atoms with E-state index in [0.717, 1.165) is 5.01 Å². The van der Waals surface area contributed by atoms with Gasteiger partial charge in [0, 0.05) is 41.8 Å². The Morgan fingerprint density at radius 1 is 1.03 bits per heavy atom. The van der Waals surface area contributed by atoms with Crippen LogP contribution in [0.4, 0.5) is 27.5 Å². The van der Waals surface area contributed by atoms with Crippen molar-refractivity contribution < 1.29 is 14.5 Å². The summed E-state index contributed by atoms with van der Waals surface area (Å²) in [7, 11) is 1.55. The summed E-state index contributed by atoms with van der Waals surface area (Å²) in [4.78, 5) is 39.1. The molecule has 0 fully saturated rings. The van der Waals surface area contributed by atoms with Crippen molar-refractivity contribution in [1.82, 2.24) is 15.8 Å². The number of nitrogens with zero attached hydrogens (tertiary/aromatic N) is 3. The lowest BCUT2D eigenvalue weighted by atomic mass is 10.0. The molecular weight excluding hydrogens is 466 g/mol. The van der Waals surface area contributed by atoms with E-state index in [9.17, 15) is 19.7 Å². The molecular formula is C23H23N9O4. The van der Waals surface area contributed by atoms with E-state index < -0.39 is 17.2 Å². The summed E-state index contributed by atoms with van der Waals surface area (Å²) in [6.07, 6.45) is -0.982. The van der Waals surface area contributed by atoms with Crippen molar-refractivity contribution in [1.29, 1.82) is 0 Å². The Hall–Kier alpha value is -5.17. The van der Waals surface area contributed by atoms with Crippen molar-refractivity contribution in [2.75, 3.05) is 23.4 Å². The van der Waals surface area contributed by atoms with Gasteiger partial charge in [0.1, 0.15) is 0 Å². The van der Waals surface area contributed by atoms with Gasteiger partial charge in [-0.2, -0.15) is 5.01 Å². The molecule has 1 unspecified atom stereocenters. The van der Waals surface area contributed by atoms with E-state index in [1.807, 2.05) is 0 Å². The number of carbonyl (C=O) groups excluding carboxylic acids is 2. The van der Waals surface area contributed by atoms with Gasteiger partial charge in [0.25, 0.3) is 11.6 Å². The molecule has 1 aliphatic rings. The first-order chi connectivity index (χ1) is 17.2. The number of nitrogens with two attached hydrogens (primary N) is 2. The molecule has 8 N–H and O–H groups in total. The maximum absolute atomic E-state index is 12.7. The highest BCUT2D eigenvalue weighted by atomic mass is 16.6. The summed E-state index contributed by atoms with van der Waals surface area (Å²) in [5.74, 6) is 0.0500. The van der Waals surface area contributed by atoms with Gasteiger partial charge in [-0.05, 0) is 53.6 Å². The van der Waals surface area contributed by atoms with Crippen LogP contribution in [0.3, 0.4) is 0 Å². The molecule has 3 aromatic rings. The Balaban J connectivity index is 1.37. The van der Waals surface area contributed by atoms with Gasteiger partial charge in [0.05, 0.1) is 4.92 Å². The van der Waals surface area contributed by atoms with E-state index in [1.165, 1.54) is 12.1 Å². The fourth-order valence-electron chi connectivity index (χ4n) is 3.45. The van der Waals surface area contributed by atoms with E-state index >= 15 is 0 Å². The fraction of sp³-hybridized carbons (Fsp3) is 0.0870. The highest BCUT2D eigenvalue weighted by Crippen LogP contribution is 2.28. The molecule has 3 aromatic carbocycles. The first kappa shape index (κ1) is 24.0. The summed E-state index contributed by atoms with van der Waals surface area (Å²) in [6, 6.07) is 17.2. The van der Waals surface area contributed by atoms with Crippen molar-refractivity contribution >= 4 is 40.6 Å². The maximum atomic E-state index is 12.7. The number of hydrogen-bond donors (Lipinski definition) is 6. The predicted octanol–water partition coefficient (Wildman–Crippen LogP) is 2.27. The Bertz CT molecular complexity index is 1340. The van der Waals surface area contributed by atoms with Crippen LogP contribution in [-0.4, -0.2) is 41.2 Å². The van der Waals surface area contributed by atoms with Crippen LogP contribution in [0.25, 0.3) is 11.1 Å². The molecule has 1 aliphatic heterocycles. The number of anilines is 3. The third kappa shape index (κ3) is 5.31. The van der Waals surface area contributed by atoms with Crippen LogP contribution < -0.4 is 32.8 Å². The zero-order chi connectivity index (χ0) is 25.8. The molecule has 4 rings (SSSR count). The van der Waals surface area contributed by atoms with Gasteiger partial charge in [0.15, 0.2) is 6.29 Å². The van der Waals surface area contributed by atoms with Crippen LogP contribution in [0, 0.1) is 10.1 Å². The van der Waals surface area contributed by atoms with E-state index in [1.54, 1.807) is 61.6 Å². The number of nitro groups is 1. The zero-order valence-corrected chi connectivity index (χ0v) is 19.1. The molecule has 0 aliphatic carbocycles. The predicted molar refractivity (Wildman–Crippen MR) is 136 cm³/mol. The lowest BCUT2D eigenvalue weighted by molar-refractivity contribution is -0.384. The first-order valence-electron chi connectivity index (χ1n) is 10.7. The summed E-state index contributed by atoms with van der Waals surface area (Å²) in [5, 5.41) is 20.5. The molecule has 0 spiro atoms. The molecule has 0 radical (unpaired) electrons.